The van der Waals surface area contributed by atoms with Gasteiger partial charge >= 0.3 is 11.9 Å². The zero-order valence-electron chi connectivity index (χ0n) is 12.3. The lowest BCUT2D eigenvalue weighted by Crippen LogP contribution is -2.12. The van der Waals surface area contributed by atoms with Gasteiger partial charge in [-0.2, -0.15) is 0 Å². The number of carbonyl (C=O) groups excluding carboxylic acids is 1. The Labute approximate surface area is 127 Å². The van der Waals surface area contributed by atoms with Gasteiger partial charge in [0.1, 0.15) is 11.5 Å². The Morgan fingerprint density at radius 1 is 1.14 bits per heavy atom. The number of ether oxygens (including phenoxy) is 1. The average molecular weight is 300 g/mol. The number of hydrogen-bond donors (Lipinski definition) is 1. The molecule has 0 amide bonds. The summed E-state index contributed by atoms with van der Waals surface area (Å²) in [6, 6.07) is 12.5. The van der Waals surface area contributed by atoms with E-state index in [0.29, 0.717) is 22.7 Å². The molecule has 5 nitrogen and oxygen atoms in total. The van der Waals surface area contributed by atoms with Crippen LogP contribution in [-0.4, -0.2) is 24.2 Å². The van der Waals surface area contributed by atoms with E-state index < -0.39 is 18.4 Å². The molecule has 2 aromatic rings. The monoisotopic (exact) mass is 300 g/mol. The number of aliphatic carboxylic acids is 1. The van der Waals surface area contributed by atoms with Crippen molar-refractivity contribution in [2.24, 2.45) is 0 Å². The van der Waals surface area contributed by atoms with Crippen LogP contribution < -0.4 is 0 Å². The van der Waals surface area contributed by atoms with E-state index in [4.69, 9.17) is 14.3 Å². The standard InChI is InChI=1S/C17H16O5/c1-11-8-9-14(22-11)16(12-6-4-3-5-7-12)13(10-15(18)19)17(20)21-2/h3-9H,10H2,1-2H3,(H,18,19). The molecule has 0 unspecified atom stereocenters. The van der Waals surface area contributed by atoms with Gasteiger partial charge < -0.3 is 14.3 Å². The number of hydrogen-bond acceptors (Lipinski definition) is 4. The minimum absolute atomic E-state index is 0.0514. The Balaban J connectivity index is 2.70. The van der Waals surface area contributed by atoms with E-state index in [2.05, 4.69) is 0 Å². The molecule has 5 heteroatoms. The molecule has 2 rings (SSSR count). The third-order valence-corrected chi connectivity index (χ3v) is 3.11. The lowest BCUT2D eigenvalue weighted by molar-refractivity contribution is -0.141. The average Bonchev–Trinajstić information content (AvgIpc) is 2.92. The summed E-state index contributed by atoms with van der Waals surface area (Å²) in [6.45, 7) is 1.78. The molecule has 22 heavy (non-hydrogen) atoms. The lowest BCUT2D eigenvalue weighted by atomic mass is 9.95. The van der Waals surface area contributed by atoms with Crippen molar-refractivity contribution < 1.29 is 23.8 Å². The third kappa shape index (κ3) is 3.44. The third-order valence-electron chi connectivity index (χ3n) is 3.11. The summed E-state index contributed by atoms with van der Waals surface area (Å²) in [5.41, 5.74) is 1.18. The second-order valence-corrected chi connectivity index (χ2v) is 4.69. The first kappa shape index (κ1) is 15.6. The van der Waals surface area contributed by atoms with E-state index in [1.807, 2.05) is 6.07 Å². The van der Waals surface area contributed by atoms with Gasteiger partial charge in [0.05, 0.1) is 19.1 Å². The number of carboxylic acids is 1. The summed E-state index contributed by atoms with van der Waals surface area (Å²) in [4.78, 5) is 23.2. The first-order chi connectivity index (χ1) is 10.5. The summed E-state index contributed by atoms with van der Waals surface area (Å²) < 4.78 is 10.3. The van der Waals surface area contributed by atoms with Gasteiger partial charge in [0, 0.05) is 5.57 Å². The van der Waals surface area contributed by atoms with Crippen LogP contribution in [-0.2, 0) is 14.3 Å². The smallest absolute Gasteiger partial charge is 0.335 e. The van der Waals surface area contributed by atoms with E-state index in [1.54, 1.807) is 43.3 Å². The van der Waals surface area contributed by atoms with Crippen LogP contribution in [0.4, 0.5) is 0 Å². The van der Waals surface area contributed by atoms with Gasteiger partial charge in [0.2, 0.25) is 0 Å². The van der Waals surface area contributed by atoms with E-state index in [9.17, 15) is 9.59 Å². The molecule has 0 saturated carbocycles. The fourth-order valence-corrected chi connectivity index (χ4v) is 2.18. The van der Waals surface area contributed by atoms with Crippen molar-refractivity contribution in [1.82, 2.24) is 0 Å². The van der Waals surface area contributed by atoms with Gasteiger partial charge in [-0.05, 0) is 24.6 Å². The summed E-state index contributed by atoms with van der Waals surface area (Å²) in [7, 11) is 1.22. The second kappa shape index (κ2) is 6.76. The zero-order chi connectivity index (χ0) is 16.1. The fraction of sp³-hybridized carbons (Fsp3) is 0.176. The van der Waals surface area contributed by atoms with Gasteiger partial charge in [-0.15, -0.1) is 0 Å². The molecule has 0 spiro atoms. The van der Waals surface area contributed by atoms with Crippen LogP contribution in [0.1, 0.15) is 23.5 Å². The molecule has 0 aliphatic rings. The first-order valence-electron chi connectivity index (χ1n) is 6.68. The molecule has 1 N–H and O–H groups in total. The molecule has 0 fully saturated rings. The van der Waals surface area contributed by atoms with E-state index >= 15 is 0 Å². The Hall–Kier alpha value is -2.82. The summed E-state index contributed by atoms with van der Waals surface area (Å²) >= 11 is 0. The van der Waals surface area contributed by atoms with Crippen LogP contribution >= 0.6 is 0 Å². The normalized spacial score (nSPS) is 11.7. The van der Waals surface area contributed by atoms with Gasteiger partial charge in [-0.3, -0.25) is 4.79 Å². The topological polar surface area (TPSA) is 76.7 Å². The molecular formula is C17H16O5. The largest absolute Gasteiger partial charge is 0.481 e. The van der Waals surface area contributed by atoms with Crippen molar-refractivity contribution >= 4 is 17.5 Å². The molecule has 114 valence electrons. The highest BCUT2D eigenvalue weighted by molar-refractivity contribution is 6.04. The number of furan rings is 1. The van der Waals surface area contributed by atoms with Crippen LogP contribution in [0, 0.1) is 6.92 Å². The van der Waals surface area contributed by atoms with Crippen molar-refractivity contribution in [2.75, 3.05) is 7.11 Å². The zero-order valence-corrected chi connectivity index (χ0v) is 12.3. The Morgan fingerprint density at radius 2 is 1.82 bits per heavy atom. The number of rotatable bonds is 5. The highest BCUT2D eigenvalue weighted by atomic mass is 16.5. The maximum atomic E-state index is 12.1. The molecule has 1 aromatic carbocycles. The minimum Gasteiger partial charge on any atom is -0.481 e. The van der Waals surface area contributed by atoms with E-state index in [1.165, 1.54) is 7.11 Å². The van der Waals surface area contributed by atoms with Gasteiger partial charge in [0.15, 0.2) is 0 Å². The second-order valence-electron chi connectivity index (χ2n) is 4.69. The Morgan fingerprint density at radius 3 is 2.32 bits per heavy atom. The number of methoxy groups -OCH3 is 1. The van der Waals surface area contributed by atoms with Crippen LogP contribution in [0.2, 0.25) is 0 Å². The number of benzene rings is 1. The highest BCUT2D eigenvalue weighted by Gasteiger charge is 2.23. The molecule has 1 aromatic heterocycles. The van der Waals surface area contributed by atoms with Crippen molar-refractivity contribution in [2.45, 2.75) is 13.3 Å². The van der Waals surface area contributed by atoms with Crippen LogP contribution in [0.15, 0.2) is 52.5 Å². The molecule has 0 bridgehead atoms. The van der Waals surface area contributed by atoms with Gasteiger partial charge in [-0.1, -0.05) is 30.3 Å². The molecule has 0 aliphatic heterocycles. The predicted octanol–water partition coefficient (Wildman–Crippen LogP) is 3.04. The summed E-state index contributed by atoms with van der Waals surface area (Å²) in [5.74, 6) is -0.694. The molecule has 0 radical (unpaired) electrons. The van der Waals surface area contributed by atoms with Crippen molar-refractivity contribution in [1.29, 1.82) is 0 Å². The number of aryl methyl sites for hydroxylation is 1. The Bertz CT molecular complexity index is 710. The van der Waals surface area contributed by atoms with Gasteiger partial charge in [-0.25, -0.2) is 4.79 Å². The van der Waals surface area contributed by atoms with Crippen molar-refractivity contribution in [3.63, 3.8) is 0 Å². The SMILES string of the molecule is COC(=O)C(CC(=O)O)=C(c1ccccc1)c1ccc(C)o1. The maximum absolute atomic E-state index is 12.1. The van der Waals surface area contributed by atoms with Crippen LogP contribution in [0.5, 0.6) is 0 Å². The van der Waals surface area contributed by atoms with E-state index in [-0.39, 0.29) is 5.57 Å². The Kier molecular flexibility index (Phi) is 4.78. The van der Waals surface area contributed by atoms with Crippen molar-refractivity contribution in [3.05, 3.63) is 65.1 Å². The molecular weight excluding hydrogens is 284 g/mol. The summed E-state index contributed by atoms with van der Waals surface area (Å²) in [6.07, 6.45) is -0.448. The van der Waals surface area contributed by atoms with E-state index in [0.717, 1.165) is 0 Å². The first-order valence-corrected chi connectivity index (χ1v) is 6.68. The maximum Gasteiger partial charge on any atom is 0.335 e. The lowest BCUT2D eigenvalue weighted by Gasteiger charge is -2.11. The predicted molar refractivity (Wildman–Crippen MR) is 80.2 cm³/mol. The minimum atomic E-state index is -1.11. The fourth-order valence-electron chi connectivity index (χ4n) is 2.18. The molecule has 1 heterocycles. The van der Waals surface area contributed by atoms with Crippen LogP contribution in [0.25, 0.3) is 5.57 Å². The number of carboxylic acid groups (broad SMARTS) is 1. The van der Waals surface area contributed by atoms with Crippen molar-refractivity contribution in [3.8, 4) is 0 Å². The van der Waals surface area contributed by atoms with Gasteiger partial charge in [0.25, 0.3) is 0 Å². The molecule has 0 saturated heterocycles. The number of carbonyl (C=O) groups is 2. The summed E-state index contributed by atoms with van der Waals surface area (Å²) in [5, 5.41) is 9.10. The quantitative estimate of drug-likeness (QED) is 0.678. The number of esters is 1. The highest BCUT2D eigenvalue weighted by Crippen LogP contribution is 2.30. The molecule has 0 atom stereocenters. The van der Waals surface area contributed by atoms with Crippen LogP contribution in [0.3, 0.4) is 0 Å². The molecule has 0 aliphatic carbocycles.